The molecule has 2 heterocycles. The van der Waals surface area contributed by atoms with E-state index >= 15 is 0 Å². The first-order valence-corrected chi connectivity index (χ1v) is 12.8. The maximum atomic E-state index is 13.4. The smallest absolute Gasteiger partial charge is 0.330 e. The number of hydrogen-bond donors (Lipinski definition) is 2. The number of thioether (sulfide) groups is 2. The van der Waals surface area contributed by atoms with E-state index in [0.29, 0.717) is 29.7 Å². The number of nitrogens with zero attached hydrogens (tertiary/aromatic N) is 2. The summed E-state index contributed by atoms with van der Waals surface area (Å²) in [6, 6.07) is 7.59. The van der Waals surface area contributed by atoms with Gasteiger partial charge in [0.2, 0.25) is 0 Å². The van der Waals surface area contributed by atoms with Crippen LogP contribution in [0.2, 0.25) is 0 Å². The predicted molar refractivity (Wildman–Crippen MR) is 131 cm³/mol. The Morgan fingerprint density at radius 1 is 1.13 bits per heavy atom. The molecule has 0 bridgehead atoms. The zero-order valence-electron chi connectivity index (χ0n) is 18.1. The Labute approximate surface area is 190 Å². The van der Waals surface area contributed by atoms with E-state index < -0.39 is 11.2 Å². The monoisotopic (exact) mass is 462 g/mol. The molecule has 9 heteroatoms. The van der Waals surface area contributed by atoms with Crippen molar-refractivity contribution in [3.05, 3.63) is 56.2 Å². The lowest BCUT2D eigenvalue weighted by Crippen LogP contribution is -2.41. The van der Waals surface area contributed by atoms with Crippen molar-refractivity contribution in [3.8, 4) is 0 Å². The summed E-state index contributed by atoms with van der Waals surface area (Å²) in [6.45, 7) is 4.78. The van der Waals surface area contributed by atoms with Crippen LogP contribution in [-0.2, 0) is 6.54 Å². The van der Waals surface area contributed by atoms with Gasteiger partial charge in [0.05, 0.1) is 4.58 Å². The summed E-state index contributed by atoms with van der Waals surface area (Å²) in [5, 5.41) is 0. The van der Waals surface area contributed by atoms with E-state index in [1.807, 2.05) is 61.6 Å². The Hall–Kier alpha value is -2.13. The van der Waals surface area contributed by atoms with Crippen LogP contribution in [0.5, 0.6) is 0 Å². The lowest BCUT2D eigenvalue weighted by atomic mass is 10.1. The van der Waals surface area contributed by atoms with Crippen molar-refractivity contribution in [3.63, 3.8) is 0 Å². The minimum atomic E-state index is -0.630. The number of aromatic nitrogens is 2. The molecule has 0 unspecified atom stereocenters. The van der Waals surface area contributed by atoms with Crippen LogP contribution in [0.3, 0.4) is 0 Å². The first-order valence-electron chi connectivity index (χ1n) is 10.8. The number of nitrogen functional groups attached to an aromatic ring is 1. The van der Waals surface area contributed by atoms with Crippen molar-refractivity contribution in [2.24, 2.45) is 0 Å². The molecule has 31 heavy (non-hydrogen) atoms. The molecule has 1 aliphatic rings. The number of benzene rings is 1. The van der Waals surface area contributed by atoms with Gasteiger partial charge in [-0.05, 0) is 30.5 Å². The molecule has 1 fully saturated rings. The fourth-order valence-electron chi connectivity index (χ4n) is 3.50. The number of rotatable bonds is 9. The van der Waals surface area contributed by atoms with Gasteiger partial charge >= 0.3 is 5.69 Å². The predicted octanol–water partition coefficient (Wildman–Crippen LogP) is 3.84. The van der Waals surface area contributed by atoms with Gasteiger partial charge in [-0.1, -0.05) is 38.8 Å². The number of carbonyl (C=O) groups is 1. The van der Waals surface area contributed by atoms with E-state index in [0.717, 1.165) is 30.8 Å². The molecule has 1 aromatic heterocycles. The summed E-state index contributed by atoms with van der Waals surface area (Å²) >= 11 is 3.82. The molecule has 0 saturated carbocycles. The molecule has 1 amide bonds. The van der Waals surface area contributed by atoms with Crippen molar-refractivity contribution in [2.75, 3.05) is 28.7 Å². The lowest BCUT2D eigenvalue weighted by Gasteiger charge is -2.24. The summed E-state index contributed by atoms with van der Waals surface area (Å²) in [4.78, 5) is 42.2. The summed E-state index contributed by atoms with van der Waals surface area (Å²) in [7, 11) is 0. The molecule has 3 rings (SSSR count). The molecule has 168 valence electrons. The van der Waals surface area contributed by atoms with Crippen LogP contribution in [-0.4, -0.2) is 33.5 Å². The Morgan fingerprint density at radius 2 is 1.77 bits per heavy atom. The van der Waals surface area contributed by atoms with Crippen LogP contribution >= 0.6 is 23.5 Å². The second kappa shape index (κ2) is 10.9. The summed E-state index contributed by atoms with van der Waals surface area (Å²) < 4.78 is 1.75. The minimum Gasteiger partial charge on any atom is -0.383 e. The van der Waals surface area contributed by atoms with E-state index in [2.05, 4.69) is 4.98 Å². The van der Waals surface area contributed by atoms with Gasteiger partial charge in [0, 0.05) is 30.2 Å². The number of nitrogens with two attached hydrogens (primary N) is 1. The Kier molecular flexibility index (Phi) is 8.31. The number of hydrogen-bond acceptors (Lipinski definition) is 6. The normalized spacial score (nSPS) is 14.1. The second-order valence-electron chi connectivity index (χ2n) is 7.50. The molecule has 1 aliphatic heterocycles. The van der Waals surface area contributed by atoms with Crippen LogP contribution in [0.25, 0.3) is 0 Å². The molecule has 0 atom stereocenters. The standard InChI is InChI=1S/C22H30N4O3S2/c1-3-5-11-25(17-18(23)26(12-6-4-2)22(29)24-19(17)27)20(28)15-7-9-16(10-8-15)21-30-13-14-31-21/h7-10,21H,3-6,11-14,23H2,1-2H3,(H,24,27,29). The number of aromatic amines is 1. The fourth-order valence-corrected chi connectivity index (χ4v) is 6.36. The molecular formula is C22H30N4O3S2. The van der Waals surface area contributed by atoms with Crippen LogP contribution in [0.15, 0.2) is 33.9 Å². The number of anilines is 2. The van der Waals surface area contributed by atoms with Crippen molar-refractivity contribution >= 4 is 40.9 Å². The van der Waals surface area contributed by atoms with Gasteiger partial charge in [-0.15, -0.1) is 23.5 Å². The van der Waals surface area contributed by atoms with E-state index in [4.69, 9.17) is 5.73 Å². The molecule has 1 aromatic carbocycles. The topological polar surface area (TPSA) is 101 Å². The first kappa shape index (κ1) is 23.5. The SMILES string of the molecule is CCCCN(C(=O)c1ccc(C2SCCS2)cc1)c1c(N)n(CCCC)c(=O)[nH]c1=O. The zero-order valence-corrected chi connectivity index (χ0v) is 19.7. The maximum absolute atomic E-state index is 13.4. The van der Waals surface area contributed by atoms with Crippen molar-refractivity contribution < 1.29 is 4.79 Å². The Balaban J connectivity index is 1.97. The molecule has 3 N–H and O–H groups in total. The largest absolute Gasteiger partial charge is 0.383 e. The van der Waals surface area contributed by atoms with Crippen LogP contribution < -0.4 is 21.9 Å². The van der Waals surface area contributed by atoms with Crippen molar-refractivity contribution in [2.45, 2.75) is 50.7 Å². The maximum Gasteiger partial charge on any atom is 0.330 e. The van der Waals surface area contributed by atoms with Crippen LogP contribution in [0, 0.1) is 0 Å². The zero-order chi connectivity index (χ0) is 22.4. The van der Waals surface area contributed by atoms with Crippen molar-refractivity contribution in [1.29, 1.82) is 0 Å². The fraction of sp³-hybridized carbons (Fsp3) is 0.500. The Morgan fingerprint density at radius 3 is 2.39 bits per heavy atom. The van der Waals surface area contributed by atoms with E-state index in [1.165, 1.54) is 15.0 Å². The summed E-state index contributed by atoms with van der Waals surface area (Å²) in [5.74, 6) is 2.03. The van der Waals surface area contributed by atoms with Crippen molar-refractivity contribution in [1.82, 2.24) is 9.55 Å². The number of nitrogens with one attached hydrogen (secondary N) is 1. The molecular weight excluding hydrogens is 432 g/mol. The van der Waals surface area contributed by atoms with Gasteiger partial charge in [0.25, 0.3) is 11.5 Å². The van der Waals surface area contributed by atoms with Gasteiger partial charge < -0.3 is 10.6 Å². The molecule has 0 radical (unpaired) electrons. The van der Waals surface area contributed by atoms with E-state index in [1.54, 1.807) is 0 Å². The van der Waals surface area contributed by atoms with Crippen LogP contribution in [0.4, 0.5) is 11.5 Å². The number of unbranched alkanes of at least 4 members (excludes halogenated alkanes) is 2. The highest BCUT2D eigenvalue weighted by atomic mass is 32.2. The van der Waals surface area contributed by atoms with Gasteiger partial charge in [-0.25, -0.2) is 4.79 Å². The van der Waals surface area contributed by atoms with E-state index in [-0.39, 0.29) is 17.4 Å². The summed E-state index contributed by atoms with van der Waals surface area (Å²) in [5.41, 5.74) is 6.84. The Bertz CT molecular complexity index is 1010. The van der Waals surface area contributed by atoms with Gasteiger partial charge in [0.15, 0.2) is 5.69 Å². The minimum absolute atomic E-state index is 0.0435. The number of carbonyl (C=O) groups excluding carboxylic acids is 1. The molecule has 2 aromatic rings. The highest BCUT2D eigenvalue weighted by molar-refractivity contribution is 8.19. The average molecular weight is 463 g/mol. The second-order valence-corrected chi connectivity index (χ2v) is 10.2. The third-order valence-electron chi connectivity index (χ3n) is 5.25. The first-order chi connectivity index (χ1) is 15.0. The average Bonchev–Trinajstić information content (AvgIpc) is 3.30. The third-order valence-corrected chi connectivity index (χ3v) is 8.36. The summed E-state index contributed by atoms with van der Waals surface area (Å²) in [6.07, 6.45) is 3.19. The van der Waals surface area contributed by atoms with E-state index in [9.17, 15) is 14.4 Å². The highest BCUT2D eigenvalue weighted by Crippen LogP contribution is 2.45. The molecule has 7 nitrogen and oxygen atoms in total. The number of amides is 1. The van der Waals surface area contributed by atoms with Crippen LogP contribution in [0.1, 0.15) is 60.0 Å². The number of H-pyrrole nitrogens is 1. The molecule has 0 aliphatic carbocycles. The molecule has 1 saturated heterocycles. The van der Waals surface area contributed by atoms with Gasteiger partial charge in [-0.3, -0.25) is 19.1 Å². The highest BCUT2D eigenvalue weighted by Gasteiger charge is 2.25. The lowest BCUT2D eigenvalue weighted by molar-refractivity contribution is 0.0986. The third kappa shape index (κ3) is 5.38. The quantitative estimate of drug-likeness (QED) is 0.587. The molecule has 0 spiro atoms. The van der Waals surface area contributed by atoms with Gasteiger partial charge in [-0.2, -0.15) is 0 Å². The van der Waals surface area contributed by atoms with Gasteiger partial charge in [0.1, 0.15) is 5.82 Å².